The van der Waals surface area contributed by atoms with Gasteiger partial charge in [0.25, 0.3) is 5.91 Å². The summed E-state index contributed by atoms with van der Waals surface area (Å²) in [6.45, 7) is 1.58. The van der Waals surface area contributed by atoms with Crippen molar-refractivity contribution in [3.63, 3.8) is 0 Å². The lowest BCUT2D eigenvalue weighted by atomic mass is 10.0. The molecule has 2 unspecified atom stereocenters. The average Bonchev–Trinajstić information content (AvgIpc) is 3.08. The van der Waals surface area contributed by atoms with E-state index in [0.29, 0.717) is 27.2 Å². The Balaban J connectivity index is 1.83. The van der Waals surface area contributed by atoms with E-state index in [4.69, 9.17) is 27.9 Å². The Kier molecular flexibility index (Phi) is 6.21. The van der Waals surface area contributed by atoms with Crippen molar-refractivity contribution in [1.29, 1.82) is 0 Å². The molecule has 3 aromatic rings. The van der Waals surface area contributed by atoms with Crippen LogP contribution in [-0.4, -0.2) is 21.6 Å². The number of imidazole rings is 1. The number of aryl methyl sites for hydroxylation is 1. The standard InChI is InChI=1S/C20H18Cl2FN3O2/c1-12(28-17-8-7-13(21)11-15(17)22)20(27)25-18(19-24-9-10-26(19)2)14-5-3-4-6-16(14)23/h3-12,18H,1-2H3,(H,25,27). The Morgan fingerprint density at radius 1 is 1.25 bits per heavy atom. The largest absolute Gasteiger partial charge is 0.479 e. The van der Waals surface area contributed by atoms with Crippen molar-refractivity contribution in [2.75, 3.05) is 0 Å². The van der Waals surface area contributed by atoms with Crippen molar-refractivity contribution in [2.45, 2.75) is 19.1 Å². The van der Waals surface area contributed by atoms with Crippen LogP contribution in [0.25, 0.3) is 0 Å². The van der Waals surface area contributed by atoms with Crippen LogP contribution in [-0.2, 0) is 11.8 Å². The number of amides is 1. The van der Waals surface area contributed by atoms with Gasteiger partial charge in [0.05, 0.1) is 5.02 Å². The van der Waals surface area contributed by atoms with Crippen LogP contribution in [0.2, 0.25) is 10.0 Å². The summed E-state index contributed by atoms with van der Waals surface area (Å²) >= 11 is 12.0. The van der Waals surface area contributed by atoms with Gasteiger partial charge < -0.3 is 14.6 Å². The maximum absolute atomic E-state index is 14.4. The van der Waals surface area contributed by atoms with E-state index in [9.17, 15) is 9.18 Å². The molecule has 28 heavy (non-hydrogen) atoms. The quantitative estimate of drug-likeness (QED) is 0.635. The number of nitrogens with zero attached hydrogens (tertiary/aromatic N) is 2. The number of carbonyl (C=O) groups is 1. The zero-order chi connectivity index (χ0) is 20.3. The number of carbonyl (C=O) groups excluding carboxylic acids is 1. The molecule has 8 heteroatoms. The fourth-order valence-electron chi connectivity index (χ4n) is 2.72. The summed E-state index contributed by atoms with van der Waals surface area (Å²) in [6.07, 6.45) is 2.43. The number of halogens is 3. The predicted molar refractivity (Wildman–Crippen MR) is 106 cm³/mol. The lowest BCUT2D eigenvalue weighted by molar-refractivity contribution is -0.127. The summed E-state index contributed by atoms with van der Waals surface area (Å²) in [4.78, 5) is 17.0. The van der Waals surface area contributed by atoms with E-state index < -0.39 is 23.9 Å². The van der Waals surface area contributed by atoms with Crippen molar-refractivity contribution >= 4 is 29.1 Å². The third-order valence-electron chi connectivity index (χ3n) is 4.19. The number of ether oxygens (including phenoxy) is 1. The molecule has 5 nitrogen and oxygen atoms in total. The van der Waals surface area contributed by atoms with Crippen molar-refractivity contribution in [3.05, 3.63) is 82.1 Å². The van der Waals surface area contributed by atoms with Gasteiger partial charge in [-0.05, 0) is 31.2 Å². The Morgan fingerprint density at radius 2 is 2.00 bits per heavy atom. The third-order valence-corrected chi connectivity index (χ3v) is 4.72. The molecule has 2 atom stereocenters. The second kappa shape index (κ2) is 8.63. The zero-order valence-corrected chi connectivity index (χ0v) is 16.7. The SMILES string of the molecule is CC(Oc1ccc(Cl)cc1Cl)C(=O)NC(c1ccccc1F)c1nccn1C. The summed E-state index contributed by atoms with van der Waals surface area (Å²) in [5, 5.41) is 3.57. The van der Waals surface area contributed by atoms with Gasteiger partial charge in [0.1, 0.15) is 23.4 Å². The number of benzene rings is 2. The van der Waals surface area contributed by atoms with E-state index in [0.717, 1.165) is 0 Å². The van der Waals surface area contributed by atoms with Gasteiger partial charge in [0.15, 0.2) is 6.10 Å². The fourth-order valence-corrected chi connectivity index (χ4v) is 3.17. The highest BCUT2D eigenvalue weighted by molar-refractivity contribution is 6.35. The van der Waals surface area contributed by atoms with E-state index in [1.165, 1.54) is 12.1 Å². The van der Waals surface area contributed by atoms with Gasteiger partial charge in [-0.3, -0.25) is 4.79 Å². The average molecular weight is 422 g/mol. The molecule has 0 radical (unpaired) electrons. The second-order valence-corrected chi connectivity index (χ2v) is 7.04. The minimum atomic E-state index is -0.881. The van der Waals surface area contributed by atoms with Crippen LogP contribution in [0.3, 0.4) is 0 Å². The summed E-state index contributed by atoms with van der Waals surface area (Å²) in [7, 11) is 1.77. The number of aromatic nitrogens is 2. The van der Waals surface area contributed by atoms with Crippen molar-refractivity contribution < 1.29 is 13.9 Å². The molecule has 1 heterocycles. The molecular weight excluding hydrogens is 404 g/mol. The minimum absolute atomic E-state index is 0.293. The van der Waals surface area contributed by atoms with Crippen molar-refractivity contribution in [3.8, 4) is 5.75 Å². The van der Waals surface area contributed by atoms with E-state index in [1.54, 1.807) is 61.3 Å². The van der Waals surface area contributed by atoms with Gasteiger partial charge in [-0.1, -0.05) is 41.4 Å². The van der Waals surface area contributed by atoms with Gasteiger partial charge in [-0.25, -0.2) is 9.37 Å². The predicted octanol–water partition coefficient (Wildman–Crippen LogP) is 4.54. The maximum Gasteiger partial charge on any atom is 0.261 e. The van der Waals surface area contributed by atoms with Crippen LogP contribution in [0.1, 0.15) is 24.4 Å². The number of nitrogens with one attached hydrogen (secondary N) is 1. The monoisotopic (exact) mass is 421 g/mol. The molecule has 146 valence electrons. The highest BCUT2D eigenvalue weighted by atomic mass is 35.5. The molecular formula is C20H18Cl2FN3O2. The first kappa shape index (κ1) is 20.2. The van der Waals surface area contributed by atoms with Crippen LogP contribution in [0.5, 0.6) is 5.75 Å². The summed E-state index contributed by atoms with van der Waals surface area (Å²) in [5.74, 6) is -0.0595. The molecule has 1 N–H and O–H groups in total. The Morgan fingerprint density at radius 3 is 2.64 bits per heavy atom. The van der Waals surface area contributed by atoms with E-state index in [2.05, 4.69) is 10.3 Å². The van der Waals surface area contributed by atoms with Gasteiger partial charge in [-0.15, -0.1) is 0 Å². The zero-order valence-electron chi connectivity index (χ0n) is 15.2. The first-order valence-corrected chi connectivity index (χ1v) is 9.26. The van der Waals surface area contributed by atoms with Crippen LogP contribution < -0.4 is 10.1 Å². The smallest absolute Gasteiger partial charge is 0.261 e. The fraction of sp³-hybridized carbons (Fsp3) is 0.200. The van der Waals surface area contributed by atoms with Crippen molar-refractivity contribution in [2.24, 2.45) is 7.05 Å². The molecule has 3 rings (SSSR count). The normalized spacial score (nSPS) is 13.0. The summed E-state index contributed by atoms with van der Waals surface area (Å²) in [5.41, 5.74) is 0.307. The Bertz CT molecular complexity index is 993. The number of rotatable bonds is 6. The molecule has 0 saturated heterocycles. The van der Waals surface area contributed by atoms with Crippen LogP contribution in [0.15, 0.2) is 54.9 Å². The molecule has 0 aliphatic rings. The first-order valence-electron chi connectivity index (χ1n) is 8.50. The highest BCUT2D eigenvalue weighted by Gasteiger charge is 2.26. The number of hydrogen-bond donors (Lipinski definition) is 1. The van der Waals surface area contributed by atoms with Crippen LogP contribution in [0, 0.1) is 5.82 Å². The summed E-state index contributed by atoms with van der Waals surface area (Å²) in [6, 6.07) is 10.2. The van der Waals surface area contributed by atoms with Gasteiger partial charge >= 0.3 is 0 Å². The molecule has 1 aromatic heterocycles. The maximum atomic E-state index is 14.4. The van der Waals surface area contributed by atoms with Gasteiger partial charge in [-0.2, -0.15) is 0 Å². The lowest BCUT2D eigenvalue weighted by Crippen LogP contribution is -2.40. The van der Waals surface area contributed by atoms with Crippen LogP contribution >= 0.6 is 23.2 Å². The molecule has 0 saturated carbocycles. The Labute approximate surface area is 172 Å². The van der Waals surface area contributed by atoms with E-state index in [-0.39, 0.29) is 0 Å². The van der Waals surface area contributed by atoms with Gasteiger partial charge in [0.2, 0.25) is 0 Å². The van der Waals surface area contributed by atoms with Gasteiger partial charge in [0, 0.05) is 30.0 Å². The van der Waals surface area contributed by atoms with E-state index >= 15 is 0 Å². The number of hydrogen-bond acceptors (Lipinski definition) is 3. The molecule has 0 fully saturated rings. The topological polar surface area (TPSA) is 56.1 Å². The molecule has 0 bridgehead atoms. The molecule has 2 aromatic carbocycles. The highest BCUT2D eigenvalue weighted by Crippen LogP contribution is 2.29. The van der Waals surface area contributed by atoms with E-state index in [1.807, 2.05) is 0 Å². The second-order valence-electron chi connectivity index (χ2n) is 6.19. The summed E-state index contributed by atoms with van der Waals surface area (Å²) < 4.78 is 21.8. The van der Waals surface area contributed by atoms with Crippen molar-refractivity contribution in [1.82, 2.24) is 14.9 Å². The third kappa shape index (κ3) is 4.46. The lowest BCUT2D eigenvalue weighted by Gasteiger charge is -2.22. The molecule has 0 aliphatic carbocycles. The first-order chi connectivity index (χ1) is 13.4. The minimum Gasteiger partial charge on any atom is -0.479 e. The molecule has 0 spiro atoms. The Hall–Kier alpha value is -2.57. The van der Waals surface area contributed by atoms with Crippen LogP contribution in [0.4, 0.5) is 4.39 Å². The molecule has 0 aliphatic heterocycles. The molecule has 1 amide bonds.